The molecule has 3 aromatic rings. The van der Waals surface area contributed by atoms with Crippen molar-refractivity contribution in [3.63, 3.8) is 0 Å². The number of ether oxygens (including phenoxy) is 1. The maximum atomic E-state index is 13.4. The minimum Gasteiger partial charge on any atom is -0.497 e. The van der Waals surface area contributed by atoms with E-state index in [1.54, 1.807) is 28.5 Å². The Morgan fingerprint density at radius 2 is 1.60 bits per heavy atom. The molecule has 0 N–H and O–H groups in total. The summed E-state index contributed by atoms with van der Waals surface area (Å²) < 4.78 is 7.02. The second-order valence-electron chi connectivity index (χ2n) is 7.19. The fraction of sp³-hybridized carbons (Fsp3) is 0.261. The first-order valence-corrected chi connectivity index (χ1v) is 9.91. The molecular weight excluding hydrogens is 380 g/mol. The van der Waals surface area contributed by atoms with Crippen LogP contribution >= 0.6 is 0 Å². The van der Waals surface area contributed by atoms with Gasteiger partial charge in [0.25, 0.3) is 5.91 Å². The van der Waals surface area contributed by atoms with Gasteiger partial charge in [-0.3, -0.25) is 9.59 Å². The lowest BCUT2D eigenvalue weighted by molar-refractivity contribution is -0.130. The highest BCUT2D eigenvalue weighted by molar-refractivity contribution is 5.94. The highest BCUT2D eigenvalue weighted by atomic mass is 16.5. The monoisotopic (exact) mass is 404 g/mol. The van der Waals surface area contributed by atoms with Gasteiger partial charge in [-0.1, -0.05) is 30.3 Å². The minimum atomic E-state index is -0.0938. The number of amides is 2. The summed E-state index contributed by atoms with van der Waals surface area (Å²) in [6.45, 7) is 3.66. The molecule has 30 heavy (non-hydrogen) atoms. The third kappa shape index (κ3) is 3.91. The number of rotatable bonds is 4. The predicted molar refractivity (Wildman–Crippen MR) is 114 cm³/mol. The lowest BCUT2D eigenvalue weighted by atomic mass is 10.1. The van der Waals surface area contributed by atoms with Crippen molar-refractivity contribution in [1.29, 1.82) is 0 Å². The molecule has 0 radical (unpaired) electrons. The first kappa shape index (κ1) is 19.7. The first-order valence-electron chi connectivity index (χ1n) is 9.91. The lowest BCUT2D eigenvalue weighted by Crippen LogP contribution is -2.50. The number of carbonyl (C=O) groups is 2. The van der Waals surface area contributed by atoms with Crippen LogP contribution in [0.2, 0.25) is 0 Å². The van der Waals surface area contributed by atoms with E-state index in [2.05, 4.69) is 0 Å². The van der Waals surface area contributed by atoms with Crippen molar-refractivity contribution in [2.45, 2.75) is 6.92 Å². The van der Waals surface area contributed by atoms with Gasteiger partial charge >= 0.3 is 0 Å². The Hall–Kier alpha value is -3.61. The van der Waals surface area contributed by atoms with E-state index in [0.717, 1.165) is 17.0 Å². The number of methoxy groups -OCH3 is 1. The molecule has 1 fully saturated rings. The molecule has 1 aliphatic rings. The SMILES string of the molecule is COc1cccc(-c2cc(C(=O)N3CCN(C(C)=O)CC3)n(-c3ccccc3)n2)c1. The Labute approximate surface area is 175 Å². The minimum absolute atomic E-state index is 0.0386. The molecule has 0 aliphatic carbocycles. The van der Waals surface area contributed by atoms with Crippen LogP contribution in [0.3, 0.4) is 0 Å². The molecule has 7 nitrogen and oxygen atoms in total. The van der Waals surface area contributed by atoms with Crippen molar-refractivity contribution < 1.29 is 14.3 Å². The van der Waals surface area contributed by atoms with Crippen LogP contribution in [0.1, 0.15) is 17.4 Å². The van der Waals surface area contributed by atoms with E-state index in [9.17, 15) is 9.59 Å². The van der Waals surface area contributed by atoms with E-state index in [1.807, 2.05) is 60.7 Å². The Balaban J connectivity index is 1.70. The largest absolute Gasteiger partial charge is 0.497 e. The van der Waals surface area contributed by atoms with Crippen LogP contribution in [0, 0.1) is 0 Å². The van der Waals surface area contributed by atoms with Gasteiger partial charge in [-0.25, -0.2) is 4.68 Å². The molecule has 1 aromatic heterocycles. The van der Waals surface area contributed by atoms with Gasteiger partial charge < -0.3 is 14.5 Å². The van der Waals surface area contributed by atoms with Gasteiger partial charge in [0.05, 0.1) is 18.5 Å². The van der Waals surface area contributed by atoms with E-state index in [-0.39, 0.29) is 11.8 Å². The topological polar surface area (TPSA) is 67.7 Å². The molecule has 0 saturated carbocycles. The van der Waals surface area contributed by atoms with Crippen molar-refractivity contribution in [1.82, 2.24) is 19.6 Å². The van der Waals surface area contributed by atoms with Crippen molar-refractivity contribution in [3.8, 4) is 22.7 Å². The summed E-state index contributed by atoms with van der Waals surface area (Å²) in [5.74, 6) is 0.676. The number of benzene rings is 2. The zero-order valence-electron chi connectivity index (χ0n) is 17.1. The Kier molecular flexibility index (Phi) is 5.52. The van der Waals surface area contributed by atoms with Gasteiger partial charge in [0, 0.05) is 38.7 Å². The van der Waals surface area contributed by atoms with Crippen LogP contribution in [0.4, 0.5) is 0 Å². The highest BCUT2D eigenvalue weighted by Gasteiger charge is 2.27. The van der Waals surface area contributed by atoms with Gasteiger partial charge in [-0.15, -0.1) is 0 Å². The Bertz CT molecular complexity index is 1050. The fourth-order valence-electron chi connectivity index (χ4n) is 3.61. The quantitative estimate of drug-likeness (QED) is 0.671. The highest BCUT2D eigenvalue weighted by Crippen LogP contribution is 2.26. The summed E-state index contributed by atoms with van der Waals surface area (Å²) in [5, 5.41) is 4.73. The number of piperazine rings is 1. The molecule has 4 rings (SSSR count). The summed E-state index contributed by atoms with van der Waals surface area (Å²) in [4.78, 5) is 28.5. The van der Waals surface area contributed by atoms with E-state index >= 15 is 0 Å². The van der Waals surface area contributed by atoms with Crippen LogP contribution < -0.4 is 4.74 Å². The molecule has 0 unspecified atom stereocenters. The third-order valence-corrected chi connectivity index (χ3v) is 5.31. The second kappa shape index (κ2) is 8.41. The molecule has 1 aliphatic heterocycles. The van der Waals surface area contributed by atoms with Gasteiger partial charge in [0.15, 0.2) is 0 Å². The van der Waals surface area contributed by atoms with E-state index in [0.29, 0.717) is 37.6 Å². The van der Waals surface area contributed by atoms with E-state index < -0.39 is 0 Å². The van der Waals surface area contributed by atoms with Crippen LogP contribution in [0.25, 0.3) is 16.9 Å². The van der Waals surface area contributed by atoms with Crippen LogP contribution in [0.15, 0.2) is 60.7 Å². The number of nitrogens with zero attached hydrogens (tertiary/aromatic N) is 4. The summed E-state index contributed by atoms with van der Waals surface area (Å²) in [7, 11) is 1.62. The average molecular weight is 404 g/mol. The summed E-state index contributed by atoms with van der Waals surface area (Å²) >= 11 is 0. The molecule has 0 atom stereocenters. The number of hydrogen-bond acceptors (Lipinski definition) is 4. The Morgan fingerprint density at radius 3 is 2.27 bits per heavy atom. The maximum absolute atomic E-state index is 13.4. The number of aromatic nitrogens is 2. The van der Waals surface area contributed by atoms with Crippen LogP contribution in [0.5, 0.6) is 5.75 Å². The summed E-state index contributed by atoms with van der Waals surface area (Å²) in [6.07, 6.45) is 0. The second-order valence-corrected chi connectivity index (χ2v) is 7.19. The molecule has 2 amide bonds. The predicted octanol–water partition coefficient (Wildman–Crippen LogP) is 2.85. The smallest absolute Gasteiger partial charge is 0.272 e. The molecule has 7 heteroatoms. The molecule has 0 spiro atoms. The third-order valence-electron chi connectivity index (χ3n) is 5.31. The van der Waals surface area contributed by atoms with Crippen LogP contribution in [-0.4, -0.2) is 64.7 Å². The summed E-state index contributed by atoms with van der Waals surface area (Å²) in [5.41, 5.74) is 2.88. The fourth-order valence-corrected chi connectivity index (χ4v) is 3.61. The van der Waals surface area contributed by atoms with Gasteiger partial charge in [0.1, 0.15) is 11.4 Å². The summed E-state index contributed by atoms with van der Waals surface area (Å²) in [6, 6.07) is 19.1. The lowest BCUT2D eigenvalue weighted by Gasteiger charge is -2.34. The molecule has 1 saturated heterocycles. The maximum Gasteiger partial charge on any atom is 0.272 e. The number of para-hydroxylation sites is 1. The standard InChI is InChI=1S/C23H24N4O3/c1-17(28)25-11-13-26(14-12-25)23(29)22-16-21(18-7-6-10-20(15-18)30-2)24-27(22)19-8-4-3-5-9-19/h3-10,15-16H,11-14H2,1-2H3. The number of hydrogen-bond donors (Lipinski definition) is 0. The van der Waals surface area contributed by atoms with E-state index in [4.69, 9.17) is 9.84 Å². The molecule has 2 aromatic carbocycles. The zero-order valence-corrected chi connectivity index (χ0v) is 17.1. The normalized spacial score (nSPS) is 13.9. The van der Waals surface area contributed by atoms with Crippen molar-refractivity contribution in [3.05, 3.63) is 66.4 Å². The van der Waals surface area contributed by atoms with Gasteiger partial charge in [0.2, 0.25) is 5.91 Å². The zero-order chi connectivity index (χ0) is 21.1. The van der Waals surface area contributed by atoms with Crippen molar-refractivity contribution >= 4 is 11.8 Å². The van der Waals surface area contributed by atoms with E-state index in [1.165, 1.54) is 0 Å². The van der Waals surface area contributed by atoms with Gasteiger partial charge in [-0.05, 0) is 30.3 Å². The molecule has 2 heterocycles. The first-order chi connectivity index (χ1) is 14.6. The van der Waals surface area contributed by atoms with Crippen molar-refractivity contribution in [2.24, 2.45) is 0 Å². The Morgan fingerprint density at radius 1 is 0.900 bits per heavy atom. The molecule has 154 valence electrons. The molecule has 0 bridgehead atoms. The van der Waals surface area contributed by atoms with Crippen LogP contribution in [-0.2, 0) is 4.79 Å². The number of carbonyl (C=O) groups excluding carboxylic acids is 2. The van der Waals surface area contributed by atoms with Gasteiger partial charge in [-0.2, -0.15) is 5.10 Å². The average Bonchev–Trinajstić information content (AvgIpc) is 3.25. The molecular formula is C23H24N4O3. The van der Waals surface area contributed by atoms with Crippen molar-refractivity contribution in [2.75, 3.05) is 33.3 Å².